The van der Waals surface area contributed by atoms with E-state index in [2.05, 4.69) is 10.3 Å². The second kappa shape index (κ2) is 10.5. The minimum Gasteiger partial charge on any atom is -0.359 e. The zero-order valence-electron chi connectivity index (χ0n) is 18.5. The van der Waals surface area contributed by atoms with Crippen LogP contribution in [0.25, 0.3) is 0 Å². The van der Waals surface area contributed by atoms with Crippen molar-refractivity contribution in [3.05, 3.63) is 70.4 Å². The van der Waals surface area contributed by atoms with Crippen LogP contribution in [0.4, 0.5) is 24.5 Å². The van der Waals surface area contributed by atoms with Crippen molar-refractivity contribution in [2.75, 3.05) is 5.32 Å². The van der Waals surface area contributed by atoms with E-state index in [1.807, 2.05) is 64.1 Å². The maximum atomic E-state index is 13.9. The fourth-order valence-corrected chi connectivity index (χ4v) is 3.50. The number of aliphatic imine (C=N–C) groups is 1. The quantitative estimate of drug-likeness (QED) is 0.441. The topological polar surface area (TPSA) is 24.4 Å². The minimum absolute atomic E-state index is 0.411. The van der Waals surface area contributed by atoms with E-state index >= 15 is 0 Å². The largest absolute Gasteiger partial charge is 0.433 e. The Kier molecular flexibility index (Phi) is 8.27. The Morgan fingerprint density at radius 1 is 0.833 bits per heavy atom. The van der Waals surface area contributed by atoms with Gasteiger partial charge in [0.05, 0.1) is 5.69 Å². The van der Waals surface area contributed by atoms with Crippen LogP contribution >= 0.6 is 0 Å². The molecule has 2 rings (SSSR count). The molecule has 0 bridgehead atoms. The highest BCUT2D eigenvalue weighted by Gasteiger charge is 2.34. The summed E-state index contributed by atoms with van der Waals surface area (Å²) in [6, 6.07) is 11.5. The molecule has 0 fully saturated rings. The van der Waals surface area contributed by atoms with Crippen LogP contribution in [0.3, 0.4) is 0 Å². The van der Waals surface area contributed by atoms with Gasteiger partial charge in [0.15, 0.2) is 0 Å². The van der Waals surface area contributed by atoms with Crippen LogP contribution < -0.4 is 5.32 Å². The first-order chi connectivity index (χ1) is 14.2. The molecule has 0 unspecified atom stereocenters. The zero-order chi connectivity index (χ0) is 22.3. The number of nitrogens with one attached hydrogen (secondary N) is 1. The van der Waals surface area contributed by atoms with Gasteiger partial charge in [-0.3, -0.25) is 0 Å². The number of nitrogens with zero attached hydrogens (tertiary/aromatic N) is 1. The predicted octanol–water partition coefficient (Wildman–Crippen LogP) is 7.59. The Morgan fingerprint density at radius 2 is 1.27 bits per heavy atom. The van der Waals surface area contributed by atoms with Crippen molar-refractivity contribution >= 4 is 17.1 Å². The van der Waals surface area contributed by atoms with E-state index in [0.717, 1.165) is 46.9 Å². The highest BCUT2D eigenvalue weighted by molar-refractivity contribution is 6.02. The van der Waals surface area contributed by atoms with Crippen molar-refractivity contribution in [1.82, 2.24) is 0 Å². The van der Waals surface area contributed by atoms with E-state index in [9.17, 15) is 13.2 Å². The number of rotatable bonds is 8. The van der Waals surface area contributed by atoms with Crippen LogP contribution in [0, 0.1) is 0 Å². The summed E-state index contributed by atoms with van der Waals surface area (Å²) in [5.41, 5.74) is 4.64. The number of alkyl halides is 3. The summed E-state index contributed by atoms with van der Waals surface area (Å²) in [6.07, 6.45) is -0.587. The Labute approximate surface area is 177 Å². The van der Waals surface area contributed by atoms with Gasteiger partial charge in [0.25, 0.3) is 0 Å². The van der Waals surface area contributed by atoms with Gasteiger partial charge >= 0.3 is 6.18 Å². The number of halogens is 3. The molecule has 0 aliphatic carbocycles. The fourth-order valence-electron chi connectivity index (χ4n) is 3.50. The van der Waals surface area contributed by atoms with Crippen molar-refractivity contribution < 1.29 is 13.2 Å². The molecule has 0 heterocycles. The van der Waals surface area contributed by atoms with Crippen LogP contribution in [0.5, 0.6) is 0 Å². The molecule has 2 aromatic rings. The SMILES string of the molecule is CCc1cccc(CC)c1N=C(/C=C(/C)Nc1c(CC)cccc1CC)C(F)(F)F. The van der Waals surface area contributed by atoms with Crippen molar-refractivity contribution in [3.63, 3.8) is 0 Å². The highest BCUT2D eigenvalue weighted by atomic mass is 19.4. The van der Waals surface area contributed by atoms with Crippen molar-refractivity contribution in [3.8, 4) is 0 Å². The lowest BCUT2D eigenvalue weighted by atomic mass is 10.0. The Morgan fingerprint density at radius 3 is 1.67 bits per heavy atom. The average molecular weight is 417 g/mol. The lowest BCUT2D eigenvalue weighted by Gasteiger charge is -2.17. The van der Waals surface area contributed by atoms with Gasteiger partial charge in [-0.1, -0.05) is 64.1 Å². The van der Waals surface area contributed by atoms with Crippen LogP contribution in [0.15, 0.2) is 53.2 Å². The van der Waals surface area contributed by atoms with Crippen LogP contribution in [0.1, 0.15) is 56.9 Å². The fraction of sp³-hybridized carbons (Fsp3) is 0.400. The number of para-hydroxylation sites is 2. The summed E-state index contributed by atoms with van der Waals surface area (Å²) in [6.45, 7) is 9.58. The summed E-state index contributed by atoms with van der Waals surface area (Å²) >= 11 is 0. The summed E-state index contributed by atoms with van der Waals surface area (Å²) in [5.74, 6) is 0. The van der Waals surface area contributed by atoms with Gasteiger partial charge < -0.3 is 5.32 Å². The molecule has 0 spiro atoms. The second-order valence-electron chi connectivity index (χ2n) is 7.24. The third kappa shape index (κ3) is 5.74. The Balaban J connectivity index is 2.53. The summed E-state index contributed by atoms with van der Waals surface area (Å²) in [4.78, 5) is 4.11. The molecule has 0 radical (unpaired) electrons. The molecule has 0 atom stereocenters. The molecule has 162 valence electrons. The van der Waals surface area contributed by atoms with E-state index in [1.165, 1.54) is 0 Å². The number of anilines is 1. The average Bonchev–Trinajstić information content (AvgIpc) is 2.72. The molecular formula is C25H31F3N2. The van der Waals surface area contributed by atoms with Crippen molar-refractivity contribution in [2.24, 2.45) is 4.99 Å². The first-order valence-corrected chi connectivity index (χ1v) is 10.6. The van der Waals surface area contributed by atoms with Crippen LogP contribution in [0.2, 0.25) is 0 Å². The first-order valence-electron chi connectivity index (χ1n) is 10.6. The molecule has 0 aromatic heterocycles. The third-order valence-corrected chi connectivity index (χ3v) is 5.16. The van der Waals surface area contributed by atoms with E-state index < -0.39 is 11.9 Å². The summed E-state index contributed by atoms with van der Waals surface area (Å²) in [5, 5.41) is 3.21. The zero-order valence-corrected chi connectivity index (χ0v) is 18.5. The molecule has 30 heavy (non-hydrogen) atoms. The number of hydrogen-bond acceptors (Lipinski definition) is 2. The van der Waals surface area contributed by atoms with Gasteiger partial charge in [0.2, 0.25) is 0 Å². The summed E-state index contributed by atoms with van der Waals surface area (Å²) in [7, 11) is 0. The number of allylic oxidation sites excluding steroid dienone is 2. The van der Waals surface area contributed by atoms with E-state index in [4.69, 9.17) is 0 Å². The van der Waals surface area contributed by atoms with E-state index in [0.29, 0.717) is 24.2 Å². The van der Waals surface area contributed by atoms with Gasteiger partial charge in [-0.05, 0) is 60.9 Å². The second-order valence-corrected chi connectivity index (χ2v) is 7.24. The molecule has 0 saturated carbocycles. The normalized spacial score (nSPS) is 12.9. The molecule has 0 aliphatic heterocycles. The van der Waals surface area contributed by atoms with Crippen LogP contribution in [-0.4, -0.2) is 11.9 Å². The number of benzene rings is 2. The molecule has 5 heteroatoms. The monoisotopic (exact) mass is 416 g/mol. The highest BCUT2D eigenvalue weighted by Crippen LogP contribution is 2.30. The van der Waals surface area contributed by atoms with Gasteiger partial charge in [-0.25, -0.2) is 4.99 Å². The van der Waals surface area contributed by atoms with Gasteiger partial charge in [0, 0.05) is 11.4 Å². The van der Waals surface area contributed by atoms with E-state index in [-0.39, 0.29) is 0 Å². The maximum Gasteiger partial charge on any atom is 0.433 e. The van der Waals surface area contributed by atoms with Gasteiger partial charge in [0.1, 0.15) is 5.71 Å². The molecule has 0 aliphatic rings. The number of aryl methyl sites for hydroxylation is 4. The van der Waals surface area contributed by atoms with Crippen molar-refractivity contribution in [1.29, 1.82) is 0 Å². The van der Waals surface area contributed by atoms with Gasteiger partial charge in [-0.2, -0.15) is 13.2 Å². The molecule has 0 saturated heterocycles. The third-order valence-electron chi connectivity index (χ3n) is 5.16. The number of hydrogen-bond donors (Lipinski definition) is 1. The van der Waals surface area contributed by atoms with E-state index in [1.54, 1.807) is 6.92 Å². The minimum atomic E-state index is -4.55. The molecule has 2 aromatic carbocycles. The van der Waals surface area contributed by atoms with Crippen molar-refractivity contribution in [2.45, 2.75) is 66.5 Å². The molecule has 2 nitrogen and oxygen atoms in total. The lowest BCUT2D eigenvalue weighted by molar-refractivity contribution is -0.0576. The molecule has 1 N–H and O–H groups in total. The van der Waals surface area contributed by atoms with Gasteiger partial charge in [-0.15, -0.1) is 0 Å². The lowest BCUT2D eigenvalue weighted by Crippen LogP contribution is -2.22. The standard InChI is InChI=1S/C25H31F3N2/c1-6-18-12-10-13-19(7-2)23(18)29-17(5)16-22(25(26,27)28)30-24-20(8-3)14-11-15-21(24)9-4/h10-16,29H,6-9H2,1-5H3/b17-16-,30-22?. The Bertz CT molecular complexity index is 880. The Hall–Kier alpha value is -2.56. The smallest absolute Gasteiger partial charge is 0.359 e. The molecular weight excluding hydrogens is 385 g/mol. The molecule has 0 amide bonds. The maximum absolute atomic E-state index is 13.9. The summed E-state index contributed by atoms with van der Waals surface area (Å²) < 4.78 is 41.6. The van der Waals surface area contributed by atoms with Crippen LogP contribution in [-0.2, 0) is 25.7 Å². The first kappa shape index (κ1) is 23.7. The predicted molar refractivity (Wildman–Crippen MR) is 121 cm³/mol.